The van der Waals surface area contributed by atoms with Gasteiger partial charge >= 0.3 is 0 Å². The zero-order valence-corrected chi connectivity index (χ0v) is 10.6. The van der Waals surface area contributed by atoms with Crippen LogP contribution in [0, 0.1) is 11.8 Å². The lowest BCUT2D eigenvalue weighted by atomic mass is 10.00. The van der Waals surface area contributed by atoms with Crippen molar-refractivity contribution in [1.29, 1.82) is 0 Å². The molecule has 4 nitrogen and oxygen atoms in total. The van der Waals surface area contributed by atoms with E-state index in [0.29, 0.717) is 18.4 Å². The van der Waals surface area contributed by atoms with Crippen molar-refractivity contribution >= 4 is 5.91 Å². The Labute approximate surface area is 103 Å². The number of hydrogen-bond donors (Lipinski definition) is 2. The molecule has 2 rings (SSSR count). The van der Waals surface area contributed by atoms with Crippen molar-refractivity contribution in [3.63, 3.8) is 0 Å². The number of nitrogens with two attached hydrogens (primary N) is 1. The minimum absolute atomic E-state index is 0.0834. The highest BCUT2D eigenvalue weighted by molar-refractivity contribution is 5.81. The molecule has 0 aromatic carbocycles. The van der Waals surface area contributed by atoms with Gasteiger partial charge in [0.2, 0.25) is 5.91 Å². The number of fused-ring (bicyclic) bond motifs is 1. The summed E-state index contributed by atoms with van der Waals surface area (Å²) in [5, 5.41) is 9.81. The Morgan fingerprint density at radius 2 is 2.24 bits per heavy atom. The first-order valence-corrected chi connectivity index (χ1v) is 6.86. The van der Waals surface area contributed by atoms with Gasteiger partial charge in [-0.15, -0.1) is 0 Å². The van der Waals surface area contributed by atoms with Crippen LogP contribution >= 0.6 is 0 Å². The summed E-state index contributed by atoms with van der Waals surface area (Å²) in [6.07, 6.45) is 4.62. The van der Waals surface area contributed by atoms with Crippen LogP contribution in [0.4, 0.5) is 0 Å². The summed E-state index contributed by atoms with van der Waals surface area (Å²) in [4.78, 5) is 14.0. The van der Waals surface area contributed by atoms with Gasteiger partial charge in [0.15, 0.2) is 0 Å². The van der Waals surface area contributed by atoms with Gasteiger partial charge in [-0.3, -0.25) is 4.79 Å². The number of carbonyl (C=O) groups excluding carboxylic acids is 1. The van der Waals surface area contributed by atoms with E-state index in [1.807, 2.05) is 4.90 Å². The Hall–Kier alpha value is -0.610. The molecule has 1 heterocycles. The summed E-state index contributed by atoms with van der Waals surface area (Å²) >= 11 is 0. The van der Waals surface area contributed by atoms with Crippen molar-refractivity contribution in [2.75, 3.05) is 13.1 Å². The first-order chi connectivity index (χ1) is 8.13. The van der Waals surface area contributed by atoms with Crippen LogP contribution in [0.5, 0.6) is 0 Å². The molecule has 1 saturated carbocycles. The van der Waals surface area contributed by atoms with Crippen LogP contribution in [0.2, 0.25) is 0 Å². The molecule has 0 aromatic rings. The summed E-state index contributed by atoms with van der Waals surface area (Å²) in [5.41, 5.74) is 5.91. The summed E-state index contributed by atoms with van der Waals surface area (Å²) in [5.74, 6) is 0.893. The maximum Gasteiger partial charge on any atom is 0.239 e. The van der Waals surface area contributed by atoms with E-state index in [1.165, 1.54) is 0 Å². The van der Waals surface area contributed by atoms with Gasteiger partial charge in [0.05, 0.1) is 12.1 Å². The molecule has 1 saturated heterocycles. The van der Waals surface area contributed by atoms with Gasteiger partial charge in [-0.05, 0) is 25.2 Å². The molecule has 2 fully saturated rings. The van der Waals surface area contributed by atoms with Gasteiger partial charge < -0.3 is 15.7 Å². The number of carbonyl (C=O) groups is 1. The number of nitrogens with zero attached hydrogens (tertiary/aromatic N) is 1. The Morgan fingerprint density at radius 1 is 1.47 bits per heavy atom. The Kier molecular flexibility index (Phi) is 4.05. The second-order valence-corrected chi connectivity index (χ2v) is 5.56. The molecule has 98 valence electrons. The number of hydrogen-bond acceptors (Lipinski definition) is 3. The van der Waals surface area contributed by atoms with Crippen LogP contribution < -0.4 is 5.73 Å². The largest absolute Gasteiger partial charge is 0.393 e. The normalized spacial score (nSPS) is 33.8. The highest BCUT2D eigenvalue weighted by Crippen LogP contribution is 2.38. The van der Waals surface area contributed by atoms with Gasteiger partial charge in [0.25, 0.3) is 0 Å². The molecule has 0 bridgehead atoms. The van der Waals surface area contributed by atoms with E-state index in [4.69, 9.17) is 5.73 Å². The average molecular weight is 240 g/mol. The number of rotatable bonds is 4. The second kappa shape index (κ2) is 5.36. The van der Waals surface area contributed by atoms with Crippen molar-refractivity contribution in [2.24, 2.45) is 17.6 Å². The number of amides is 1. The fraction of sp³-hybridized carbons (Fsp3) is 0.923. The molecule has 4 unspecified atom stereocenters. The third-order valence-electron chi connectivity index (χ3n) is 4.32. The van der Waals surface area contributed by atoms with E-state index in [1.54, 1.807) is 0 Å². The van der Waals surface area contributed by atoms with Crippen LogP contribution in [-0.4, -0.2) is 41.1 Å². The van der Waals surface area contributed by atoms with Crippen molar-refractivity contribution < 1.29 is 9.90 Å². The van der Waals surface area contributed by atoms with E-state index >= 15 is 0 Å². The fourth-order valence-electron chi connectivity index (χ4n) is 3.20. The molecule has 2 aliphatic rings. The predicted molar refractivity (Wildman–Crippen MR) is 66.3 cm³/mol. The first-order valence-electron chi connectivity index (χ1n) is 6.86. The summed E-state index contributed by atoms with van der Waals surface area (Å²) < 4.78 is 0. The third kappa shape index (κ3) is 2.63. The van der Waals surface area contributed by atoms with E-state index in [-0.39, 0.29) is 18.1 Å². The molecule has 4 heteroatoms. The van der Waals surface area contributed by atoms with E-state index in [2.05, 4.69) is 6.92 Å². The number of unbranched alkanes of at least 4 members (excludes halogenated alkanes) is 1. The molecular weight excluding hydrogens is 216 g/mol. The minimum atomic E-state index is -0.342. The van der Waals surface area contributed by atoms with Gasteiger partial charge in [-0.25, -0.2) is 0 Å². The SMILES string of the molecule is CCCCC(N)C(=O)N1CC2CCC(O)C2C1. The maximum atomic E-state index is 12.1. The lowest BCUT2D eigenvalue weighted by Gasteiger charge is -2.22. The van der Waals surface area contributed by atoms with Crippen LogP contribution in [0.25, 0.3) is 0 Å². The second-order valence-electron chi connectivity index (χ2n) is 5.56. The van der Waals surface area contributed by atoms with Crippen LogP contribution in [0.15, 0.2) is 0 Å². The average Bonchev–Trinajstić information content (AvgIpc) is 2.88. The molecule has 1 aliphatic carbocycles. The zero-order chi connectivity index (χ0) is 12.4. The molecular formula is C13H24N2O2. The summed E-state index contributed by atoms with van der Waals surface area (Å²) in [7, 11) is 0. The Morgan fingerprint density at radius 3 is 2.88 bits per heavy atom. The molecule has 1 amide bonds. The standard InChI is InChI=1S/C13H24N2O2/c1-2-3-4-11(14)13(17)15-7-9-5-6-12(16)10(9)8-15/h9-12,16H,2-8,14H2,1H3. The van der Waals surface area contributed by atoms with Gasteiger partial charge in [-0.2, -0.15) is 0 Å². The van der Waals surface area contributed by atoms with Crippen molar-refractivity contribution in [3.05, 3.63) is 0 Å². The fourth-order valence-corrected chi connectivity index (χ4v) is 3.20. The number of likely N-dealkylation sites (tertiary alicyclic amines) is 1. The molecule has 4 atom stereocenters. The van der Waals surface area contributed by atoms with Crippen molar-refractivity contribution in [3.8, 4) is 0 Å². The molecule has 3 N–H and O–H groups in total. The Bertz CT molecular complexity index is 283. The minimum Gasteiger partial charge on any atom is -0.393 e. The van der Waals surface area contributed by atoms with Crippen LogP contribution in [-0.2, 0) is 4.79 Å². The van der Waals surface area contributed by atoms with Gasteiger partial charge in [0, 0.05) is 19.0 Å². The highest BCUT2D eigenvalue weighted by atomic mass is 16.3. The smallest absolute Gasteiger partial charge is 0.239 e. The highest BCUT2D eigenvalue weighted by Gasteiger charge is 2.43. The summed E-state index contributed by atoms with van der Waals surface area (Å²) in [6.45, 7) is 3.62. The zero-order valence-electron chi connectivity index (χ0n) is 10.6. The lowest BCUT2D eigenvalue weighted by molar-refractivity contribution is -0.132. The van der Waals surface area contributed by atoms with Crippen molar-refractivity contribution in [2.45, 2.75) is 51.2 Å². The molecule has 0 spiro atoms. The quantitative estimate of drug-likeness (QED) is 0.761. The van der Waals surface area contributed by atoms with Crippen LogP contribution in [0.3, 0.4) is 0 Å². The molecule has 17 heavy (non-hydrogen) atoms. The molecule has 1 aliphatic heterocycles. The lowest BCUT2D eigenvalue weighted by Crippen LogP contribution is -2.43. The van der Waals surface area contributed by atoms with Crippen molar-refractivity contribution in [1.82, 2.24) is 4.90 Å². The third-order valence-corrected chi connectivity index (χ3v) is 4.32. The van der Waals surface area contributed by atoms with Crippen LogP contribution in [0.1, 0.15) is 39.0 Å². The van der Waals surface area contributed by atoms with E-state index < -0.39 is 0 Å². The maximum absolute atomic E-state index is 12.1. The predicted octanol–water partition coefficient (Wildman–Crippen LogP) is 0.733. The van der Waals surface area contributed by atoms with Gasteiger partial charge in [0.1, 0.15) is 0 Å². The number of aliphatic hydroxyl groups excluding tert-OH is 1. The molecule has 0 radical (unpaired) electrons. The monoisotopic (exact) mass is 240 g/mol. The Balaban J connectivity index is 1.86. The topological polar surface area (TPSA) is 66.6 Å². The van der Waals surface area contributed by atoms with E-state index in [0.717, 1.165) is 38.6 Å². The van der Waals surface area contributed by atoms with E-state index in [9.17, 15) is 9.90 Å². The summed E-state index contributed by atoms with van der Waals surface area (Å²) in [6, 6.07) is -0.342. The van der Waals surface area contributed by atoms with Gasteiger partial charge in [-0.1, -0.05) is 19.8 Å². The molecule has 0 aromatic heterocycles. The number of aliphatic hydroxyl groups is 1. The first kappa shape index (κ1) is 12.8.